The summed E-state index contributed by atoms with van der Waals surface area (Å²) in [5.41, 5.74) is 29.4. The average Bonchev–Trinajstić information content (AvgIpc) is 3.92. The molecule has 0 bridgehead atoms. The Balaban J connectivity index is 0. The van der Waals surface area contributed by atoms with Crippen LogP contribution in [0.1, 0.15) is 70.9 Å². The standard InChI is InChI=1S/C11H12N2O2.C9H11NO2.2C6H13NO2.C5H11NO2S.C5H9NO2/c12-9(11(14)15)5-7-6-13-10-4-2-1-3-8(7)10;10-8(9(11)12)6-7-4-2-1-3-5-7;1-4(2)3-5(7)6(8)9;1-3-4(2)5(7)6(8)9;1-9-3-2-4(6)5(7)8;7-5(8)4-2-1-3-6-4/h1-4,6,9,13H,5,12H2,(H,14,15);1-5,8H,6,10H2,(H,11,12);2*4-5H,3,7H2,1-2H3,(H,8,9);4H,2-3,6H2,1H3,(H,7,8);4,6H,1-3H2,(H,7,8)/t9-;8-;5-;4-,5-;2*4-/m000000/s1. The van der Waals surface area contributed by atoms with Gasteiger partial charge in [0, 0.05) is 23.5 Å². The predicted octanol–water partition coefficient (Wildman–Crippen LogP) is 2.63. The predicted molar refractivity (Wildman–Crippen MR) is 241 cm³/mol. The largest absolute Gasteiger partial charge is 0.480 e. The number of benzene rings is 2. The van der Waals surface area contributed by atoms with Gasteiger partial charge in [-0.25, -0.2) is 0 Å². The van der Waals surface area contributed by atoms with Crippen molar-refractivity contribution >= 4 is 58.5 Å². The third-order valence-electron chi connectivity index (χ3n) is 8.94. The lowest BCUT2D eigenvalue weighted by atomic mass is 10.0. The van der Waals surface area contributed by atoms with Crippen LogP contribution in [-0.2, 0) is 41.6 Å². The van der Waals surface area contributed by atoms with Crippen LogP contribution in [0.25, 0.3) is 10.9 Å². The third-order valence-corrected chi connectivity index (χ3v) is 9.58. The Bertz CT molecular complexity index is 1740. The molecule has 1 saturated heterocycles. The highest BCUT2D eigenvalue weighted by Gasteiger charge is 2.20. The summed E-state index contributed by atoms with van der Waals surface area (Å²) in [4.78, 5) is 64.6. The maximum Gasteiger partial charge on any atom is 0.320 e. The fourth-order valence-corrected chi connectivity index (χ4v) is 5.44. The van der Waals surface area contributed by atoms with Gasteiger partial charge in [-0.1, -0.05) is 82.6 Å². The summed E-state index contributed by atoms with van der Waals surface area (Å²) in [6, 6.07) is 13.1. The summed E-state index contributed by atoms with van der Waals surface area (Å²) in [7, 11) is 0. The summed E-state index contributed by atoms with van der Waals surface area (Å²) in [5.74, 6) is -4.15. The van der Waals surface area contributed by atoms with Crippen molar-refractivity contribution in [1.29, 1.82) is 0 Å². The number of carbonyl (C=O) groups is 6. The molecule has 62 heavy (non-hydrogen) atoms. The number of aromatic amines is 1. The molecule has 0 saturated carbocycles. The summed E-state index contributed by atoms with van der Waals surface area (Å²) in [6.07, 6.45) is 8.17. The second-order valence-corrected chi connectivity index (χ2v) is 15.7. The Hall–Kier alpha value is -5.09. The van der Waals surface area contributed by atoms with Crippen molar-refractivity contribution in [2.45, 2.75) is 109 Å². The molecule has 7 atom stereocenters. The van der Waals surface area contributed by atoms with E-state index in [-0.39, 0.29) is 12.0 Å². The number of carboxylic acids is 6. The second-order valence-electron chi connectivity index (χ2n) is 14.7. The van der Waals surface area contributed by atoms with Crippen molar-refractivity contribution in [3.05, 3.63) is 71.9 Å². The van der Waals surface area contributed by atoms with Gasteiger partial charge in [0.1, 0.15) is 36.3 Å². The highest BCUT2D eigenvalue weighted by atomic mass is 32.2. The SMILES string of the molecule is CC(C)C[C@H](N)C(=O)O.CC[C@H](C)[C@H](N)C(=O)O.CSCC[C@H](N)C(=O)O.N[C@@H](Cc1c[nH]c2ccccc12)C(=O)O.N[C@@H](Cc1ccccc1)C(=O)O.O=C(O)[C@@H]1CCCN1. The van der Waals surface area contributed by atoms with Gasteiger partial charge in [0.15, 0.2) is 0 Å². The molecular formula is C42H69N7O12S. The van der Waals surface area contributed by atoms with Crippen LogP contribution in [0.5, 0.6) is 0 Å². The van der Waals surface area contributed by atoms with E-state index < -0.39 is 66.0 Å². The number of hydrogen-bond acceptors (Lipinski definition) is 13. The van der Waals surface area contributed by atoms with Crippen LogP contribution in [0.15, 0.2) is 60.8 Å². The zero-order valence-corrected chi connectivity index (χ0v) is 37.0. The Kier molecular flexibility index (Phi) is 31.9. The quantitative estimate of drug-likeness (QED) is 0.0926. The van der Waals surface area contributed by atoms with E-state index in [4.69, 9.17) is 59.3 Å². The maximum atomic E-state index is 10.6. The van der Waals surface area contributed by atoms with Gasteiger partial charge in [-0.05, 0) is 79.7 Å². The van der Waals surface area contributed by atoms with Crippen molar-refractivity contribution in [3.8, 4) is 0 Å². The van der Waals surface area contributed by atoms with Crippen LogP contribution >= 0.6 is 11.8 Å². The minimum Gasteiger partial charge on any atom is -0.480 e. The molecule has 1 aromatic heterocycles. The second kappa shape index (κ2) is 33.5. The number of nitrogens with one attached hydrogen (secondary N) is 2. The van der Waals surface area contributed by atoms with Crippen molar-refractivity contribution in [1.82, 2.24) is 10.3 Å². The molecule has 19 nitrogen and oxygen atoms in total. The monoisotopic (exact) mass is 895 g/mol. The number of fused-ring (bicyclic) bond motifs is 1. The smallest absolute Gasteiger partial charge is 0.320 e. The number of thioether (sulfide) groups is 1. The van der Waals surface area contributed by atoms with Crippen molar-refractivity contribution in [3.63, 3.8) is 0 Å². The van der Waals surface area contributed by atoms with Gasteiger partial charge in [0.25, 0.3) is 0 Å². The van der Waals surface area contributed by atoms with E-state index in [0.29, 0.717) is 31.6 Å². The van der Waals surface area contributed by atoms with Crippen molar-refractivity contribution in [2.24, 2.45) is 40.5 Å². The Morgan fingerprint density at radius 2 is 1.23 bits per heavy atom. The number of aliphatic carboxylic acids is 6. The van der Waals surface area contributed by atoms with E-state index in [2.05, 4.69) is 10.3 Å². The molecule has 1 aliphatic heterocycles. The first-order valence-corrected chi connectivity index (χ1v) is 21.4. The summed E-state index contributed by atoms with van der Waals surface area (Å²) < 4.78 is 0. The summed E-state index contributed by atoms with van der Waals surface area (Å²) in [6.45, 7) is 8.51. The average molecular weight is 896 g/mol. The van der Waals surface area contributed by atoms with Gasteiger partial charge in [0.2, 0.25) is 0 Å². The molecule has 0 radical (unpaired) electrons. The van der Waals surface area contributed by atoms with Crippen molar-refractivity contribution < 1.29 is 59.4 Å². The van der Waals surface area contributed by atoms with Gasteiger partial charge in [0.05, 0.1) is 0 Å². The van der Waals surface area contributed by atoms with Gasteiger partial charge in [-0.2, -0.15) is 11.8 Å². The van der Waals surface area contributed by atoms with E-state index >= 15 is 0 Å². The van der Waals surface area contributed by atoms with Crippen LogP contribution in [0.4, 0.5) is 0 Å². The topological polar surface area (TPSA) is 382 Å². The lowest BCUT2D eigenvalue weighted by molar-refractivity contribution is -0.140. The first kappa shape index (κ1) is 59.0. The van der Waals surface area contributed by atoms with Crippen LogP contribution in [0, 0.1) is 11.8 Å². The third kappa shape index (κ3) is 27.7. The molecule has 3 aromatic rings. The molecule has 18 N–H and O–H groups in total. The number of nitrogens with two attached hydrogens (primary N) is 5. The van der Waals surface area contributed by atoms with Crippen LogP contribution < -0.4 is 34.0 Å². The first-order chi connectivity index (χ1) is 29.0. The normalized spacial score (nSPS) is 15.5. The molecule has 2 heterocycles. The minimum absolute atomic E-state index is 0.0718. The Morgan fingerprint density at radius 3 is 1.61 bits per heavy atom. The van der Waals surface area contributed by atoms with Gasteiger partial charge >= 0.3 is 35.8 Å². The zero-order chi connectivity index (χ0) is 47.9. The molecule has 1 fully saturated rings. The minimum atomic E-state index is -0.972. The lowest BCUT2D eigenvalue weighted by Crippen LogP contribution is -2.36. The zero-order valence-electron chi connectivity index (χ0n) is 36.2. The number of hydrogen-bond donors (Lipinski definition) is 13. The molecule has 20 heteroatoms. The number of H-pyrrole nitrogens is 1. The molecule has 0 amide bonds. The molecule has 4 rings (SSSR count). The molecule has 0 spiro atoms. The van der Waals surface area contributed by atoms with E-state index in [1.165, 1.54) is 0 Å². The Morgan fingerprint density at radius 1 is 0.710 bits per heavy atom. The number of rotatable bonds is 17. The first-order valence-electron chi connectivity index (χ1n) is 20.0. The van der Waals surface area contributed by atoms with Crippen molar-refractivity contribution in [2.75, 3.05) is 18.6 Å². The van der Waals surface area contributed by atoms with E-state index in [1.54, 1.807) is 11.8 Å². The highest BCUT2D eigenvalue weighted by Crippen LogP contribution is 2.18. The van der Waals surface area contributed by atoms with Gasteiger partial charge < -0.3 is 69.6 Å². The number of carboxylic acid groups (broad SMARTS) is 6. The van der Waals surface area contributed by atoms with Crippen LogP contribution in [-0.4, -0.2) is 126 Å². The molecular weight excluding hydrogens is 827 g/mol. The van der Waals surface area contributed by atoms with E-state index in [0.717, 1.165) is 53.6 Å². The molecule has 2 aromatic carbocycles. The summed E-state index contributed by atoms with van der Waals surface area (Å²) in [5, 5.41) is 54.4. The number of para-hydroxylation sites is 1. The van der Waals surface area contributed by atoms with Crippen LogP contribution in [0.3, 0.4) is 0 Å². The van der Waals surface area contributed by atoms with E-state index in [9.17, 15) is 28.8 Å². The maximum absolute atomic E-state index is 10.6. The van der Waals surface area contributed by atoms with Gasteiger partial charge in [-0.3, -0.25) is 28.8 Å². The highest BCUT2D eigenvalue weighted by molar-refractivity contribution is 7.98. The van der Waals surface area contributed by atoms with E-state index in [1.807, 2.05) is 94.7 Å². The van der Waals surface area contributed by atoms with Gasteiger partial charge in [-0.15, -0.1) is 0 Å². The molecule has 0 aliphatic carbocycles. The fourth-order valence-electron chi connectivity index (χ4n) is 4.95. The molecule has 350 valence electrons. The molecule has 0 unspecified atom stereocenters. The number of aromatic nitrogens is 1. The lowest BCUT2D eigenvalue weighted by Gasteiger charge is -2.11. The van der Waals surface area contributed by atoms with Crippen LogP contribution in [0.2, 0.25) is 0 Å². The Labute approximate surface area is 367 Å². The summed E-state index contributed by atoms with van der Waals surface area (Å²) >= 11 is 1.60. The molecule has 1 aliphatic rings. The fraction of sp³-hybridized carbons (Fsp3) is 0.524.